The lowest BCUT2D eigenvalue weighted by atomic mass is 10.1. The number of ketones is 1. The Bertz CT molecular complexity index is 630. The van der Waals surface area contributed by atoms with Crippen LogP contribution in [0.25, 0.3) is 6.08 Å². The number of nitrogen functional groups attached to an aromatic ring is 1. The maximum Gasteiger partial charge on any atom is 0.187 e. The number of anilines is 1. The van der Waals surface area contributed by atoms with Gasteiger partial charge in [0.25, 0.3) is 0 Å². The van der Waals surface area contributed by atoms with E-state index in [2.05, 4.69) is 15.9 Å². The highest BCUT2D eigenvalue weighted by atomic mass is 79.9. The zero-order valence-electron chi connectivity index (χ0n) is 10.0. The van der Waals surface area contributed by atoms with E-state index in [1.54, 1.807) is 48.5 Å². The first-order valence-corrected chi connectivity index (χ1v) is 6.42. The Labute approximate surface area is 119 Å². The highest BCUT2D eigenvalue weighted by Crippen LogP contribution is 2.21. The van der Waals surface area contributed by atoms with Gasteiger partial charge in [0.1, 0.15) is 5.75 Å². The Balaban J connectivity index is 2.23. The zero-order valence-corrected chi connectivity index (χ0v) is 11.6. The van der Waals surface area contributed by atoms with Gasteiger partial charge in [-0.25, -0.2) is 0 Å². The summed E-state index contributed by atoms with van der Waals surface area (Å²) in [5.74, 6) is -0.0294. The van der Waals surface area contributed by atoms with Crippen molar-refractivity contribution in [3.8, 4) is 5.75 Å². The maximum atomic E-state index is 12.0. The summed E-state index contributed by atoms with van der Waals surface area (Å²) < 4.78 is 0.749. The molecule has 2 aromatic rings. The number of allylic oxidation sites excluding steroid dienone is 1. The lowest BCUT2D eigenvalue weighted by Gasteiger charge is -2.01. The predicted octanol–water partition coefficient (Wildman–Crippen LogP) is 3.63. The quantitative estimate of drug-likeness (QED) is 0.516. The molecule has 0 radical (unpaired) electrons. The van der Waals surface area contributed by atoms with E-state index < -0.39 is 0 Å². The Morgan fingerprint density at radius 2 is 1.95 bits per heavy atom. The first-order chi connectivity index (χ1) is 9.06. The topological polar surface area (TPSA) is 63.3 Å². The zero-order chi connectivity index (χ0) is 13.8. The van der Waals surface area contributed by atoms with Crippen LogP contribution in [0, 0.1) is 0 Å². The smallest absolute Gasteiger partial charge is 0.187 e. The monoisotopic (exact) mass is 317 g/mol. The number of nitrogens with two attached hydrogens (primary N) is 1. The summed E-state index contributed by atoms with van der Waals surface area (Å²) in [6, 6.07) is 11.9. The lowest BCUT2D eigenvalue weighted by molar-refractivity contribution is 0.104. The van der Waals surface area contributed by atoms with E-state index in [1.807, 2.05) is 0 Å². The number of aromatic hydroxyl groups is 1. The molecule has 0 atom stereocenters. The fourth-order valence-corrected chi connectivity index (χ4v) is 2.17. The number of hydrogen-bond donors (Lipinski definition) is 2. The molecule has 0 saturated heterocycles. The van der Waals surface area contributed by atoms with E-state index in [0.717, 1.165) is 10.0 Å². The largest absolute Gasteiger partial charge is 0.508 e. The minimum atomic E-state index is -0.169. The van der Waals surface area contributed by atoms with Crippen LogP contribution < -0.4 is 5.73 Å². The number of hydrogen-bond acceptors (Lipinski definition) is 3. The molecule has 2 rings (SSSR count). The lowest BCUT2D eigenvalue weighted by Crippen LogP contribution is -1.99. The van der Waals surface area contributed by atoms with Crippen LogP contribution in [0.1, 0.15) is 15.9 Å². The van der Waals surface area contributed by atoms with Crippen molar-refractivity contribution < 1.29 is 9.90 Å². The number of phenols is 1. The van der Waals surface area contributed by atoms with E-state index in [-0.39, 0.29) is 11.5 Å². The molecule has 3 nitrogen and oxygen atoms in total. The normalized spacial score (nSPS) is 10.8. The number of halogens is 1. The molecule has 0 spiro atoms. The van der Waals surface area contributed by atoms with Crippen LogP contribution in [0.3, 0.4) is 0 Å². The fourth-order valence-electron chi connectivity index (χ4n) is 1.68. The molecular weight excluding hydrogens is 306 g/mol. The average molecular weight is 318 g/mol. The fraction of sp³-hybridized carbons (Fsp3) is 0. The Hall–Kier alpha value is -2.07. The van der Waals surface area contributed by atoms with Crippen molar-refractivity contribution in [2.45, 2.75) is 0 Å². The molecule has 2 aromatic carbocycles. The molecule has 0 bridgehead atoms. The summed E-state index contributed by atoms with van der Waals surface area (Å²) in [6.07, 6.45) is 3.08. The minimum absolute atomic E-state index is 0.140. The van der Waals surface area contributed by atoms with E-state index >= 15 is 0 Å². The predicted molar refractivity (Wildman–Crippen MR) is 80.0 cm³/mol. The van der Waals surface area contributed by atoms with Crippen molar-refractivity contribution in [3.63, 3.8) is 0 Å². The van der Waals surface area contributed by atoms with E-state index in [0.29, 0.717) is 11.3 Å². The Morgan fingerprint density at radius 1 is 1.21 bits per heavy atom. The van der Waals surface area contributed by atoms with Gasteiger partial charge in [-0.3, -0.25) is 4.79 Å². The van der Waals surface area contributed by atoms with Crippen LogP contribution in [-0.2, 0) is 0 Å². The van der Waals surface area contributed by atoms with Crippen molar-refractivity contribution in [2.75, 3.05) is 5.73 Å². The van der Waals surface area contributed by atoms with Gasteiger partial charge in [0.2, 0.25) is 0 Å². The van der Waals surface area contributed by atoms with Gasteiger partial charge in [0.05, 0.1) is 0 Å². The molecular formula is C15H12BrNO2. The molecule has 4 heteroatoms. The summed E-state index contributed by atoms with van der Waals surface area (Å²) >= 11 is 3.28. The van der Waals surface area contributed by atoms with Crippen LogP contribution in [0.2, 0.25) is 0 Å². The van der Waals surface area contributed by atoms with Crippen molar-refractivity contribution in [3.05, 3.63) is 64.1 Å². The first kappa shape index (κ1) is 13.4. The molecule has 0 saturated carbocycles. The molecule has 0 aliphatic rings. The second-order valence-corrected chi connectivity index (χ2v) is 4.94. The average Bonchev–Trinajstić information content (AvgIpc) is 2.35. The van der Waals surface area contributed by atoms with Gasteiger partial charge in [-0.1, -0.05) is 34.1 Å². The standard InChI is InChI=1S/C15H12BrNO2/c16-11-7-10(8-12(18)9-11)5-6-15(19)13-3-1-2-4-14(13)17/h1-9,18H,17H2. The molecule has 0 unspecified atom stereocenters. The second-order valence-electron chi connectivity index (χ2n) is 4.03. The molecule has 0 fully saturated rings. The van der Waals surface area contributed by atoms with Gasteiger partial charge >= 0.3 is 0 Å². The number of carbonyl (C=O) groups excluding carboxylic acids is 1. The van der Waals surface area contributed by atoms with E-state index in [4.69, 9.17) is 5.73 Å². The summed E-state index contributed by atoms with van der Waals surface area (Å²) in [4.78, 5) is 12.0. The number of carbonyl (C=O) groups is 1. The van der Waals surface area contributed by atoms with Gasteiger partial charge in [0, 0.05) is 15.7 Å². The first-order valence-electron chi connectivity index (χ1n) is 5.63. The third-order valence-corrected chi connectivity index (χ3v) is 3.02. The van der Waals surface area contributed by atoms with Crippen molar-refractivity contribution in [2.24, 2.45) is 0 Å². The highest BCUT2D eigenvalue weighted by molar-refractivity contribution is 9.10. The molecule has 19 heavy (non-hydrogen) atoms. The van der Waals surface area contributed by atoms with E-state index in [9.17, 15) is 9.90 Å². The van der Waals surface area contributed by atoms with Crippen molar-refractivity contribution in [1.29, 1.82) is 0 Å². The maximum absolute atomic E-state index is 12.0. The van der Waals surface area contributed by atoms with Crippen molar-refractivity contribution >= 4 is 33.5 Å². The number of rotatable bonds is 3. The highest BCUT2D eigenvalue weighted by Gasteiger charge is 2.05. The number of para-hydroxylation sites is 1. The Kier molecular flexibility index (Phi) is 4.02. The molecule has 0 aliphatic heterocycles. The van der Waals surface area contributed by atoms with Crippen LogP contribution >= 0.6 is 15.9 Å². The molecule has 0 aromatic heterocycles. The summed E-state index contributed by atoms with van der Waals surface area (Å²) in [6.45, 7) is 0. The SMILES string of the molecule is Nc1ccccc1C(=O)C=Cc1cc(O)cc(Br)c1. The molecule has 0 amide bonds. The van der Waals surface area contributed by atoms with Crippen molar-refractivity contribution in [1.82, 2.24) is 0 Å². The van der Waals surface area contributed by atoms with Gasteiger partial charge in [-0.2, -0.15) is 0 Å². The van der Waals surface area contributed by atoms with Crippen LogP contribution in [0.4, 0.5) is 5.69 Å². The van der Waals surface area contributed by atoms with Gasteiger partial charge in [0.15, 0.2) is 5.78 Å². The molecule has 96 valence electrons. The summed E-state index contributed by atoms with van der Waals surface area (Å²) in [7, 11) is 0. The minimum Gasteiger partial charge on any atom is -0.508 e. The van der Waals surface area contributed by atoms with Crippen LogP contribution in [-0.4, -0.2) is 10.9 Å². The number of phenolic OH excluding ortho intramolecular Hbond substituents is 1. The third kappa shape index (κ3) is 3.45. The second kappa shape index (κ2) is 5.71. The Morgan fingerprint density at radius 3 is 2.63 bits per heavy atom. The van der Waals surface area contributed by atoms with E-state index in [1.165, 1.54) is 6.08 Å². The molecule has 0 aliphatic carbocycles. The summed E-state index contributed by atoms with van der Waals surface area (Å²) in [5.41, 5.74) is 7.39. The molecule has 0 heterocycles. The molecule has 3 N–H and O–H groups in total. The van der Waals surface area contributed by atoms with Crippen LogP contribution in [0.5, 0.6) is 5.75 Å². The number of benzene rings is 2. The van der Waals surface area contributed by atoms with Gasteiger partial charge in [-0.15, -0.1) is 0 Å². The summed E-state index contributed by atoms with van der Waals surface area (Å²) in [5, 5.41) is 9.45. The van der Waals surface area contributed by atoms with Gasteiger partial charge < -0.3 is 10.8 Å². The third-order valence-electron chi connectivity index (χ3n) is 2.56. The van der Waals surface area contributed by atoms with Gasteiger partial charge in [-0.05, 0) is 42.0 Å². The van der Waals surface area contributed by atoms with Crippen LogP contribution in [0.15, 0.2) is 53.0 Å².